The van der Waals surface area contributed by atoms with Gasteiger partial charge in [0.15, 0.2) is 0 Å². The van der Waals surface area contributed by atoms with E-state index in [9.17, 15) is 9.18 Å². The second-order valence-corrected chi connectivity index (χ2v) is 3.71. The van der Waals surface area contributed by atoms with Crippen LogP contribution in [0.5, 0.6) is 5.75 Å². The average molecular weight is 249 g/mol. The van der Waals surface area contributed by atoms with E-state index in [0.717, 1.165) is 0 Å². The summed E-state index contributed by atoms with van der Waals surface area (Å²) in [5, 5.41) is 9.08. The maximum Gasteiger partial charge on any atom is 0.259 e. The van der Waals surface area contributed by atoms with Crippen LogP contribution in [0, 0.1) is 12.7 Å². The lowest BCUT2D eigenvalue weighted by atomic mass is 10.2. The van der Waals surface area contributed by atoms with Gasteiger partial charge in [-0.3, -0.25) is 9.89 Å². The highest BCUT2D eigenvalue weighted by atomic mass is 19.1. The Hall–Kier alpha value is -2.37. The second kappa shape index (κ2) is 4.87. The zero-order valence-corrected chi connectivity index (χ0v) is 9.95. The molecule has 2 aromatic rings. The van der Waals surface area contributed by atoms with Crippen LogP contribution in [-0.4, -0.2) is 23.2 Å². The summed E-state index contributed by atoms with van der Waals surface area (Å²) in [7, 11) is 1.41. The predicted octanol–water partition coefficient (Wildman–Crippen LogP) is 2.12. The zero-order chi connectivity index (χ0) is 13.1. The molecule has 94 valence electrons. The van der Waals surface area contributed by atoms with Gasteiger partial charge in [-0.1, -0.05) is 0 Å². The molecule has 0 atom stereocenters. The van der Waals surface area contributed by atoms with Crippen LogP contribution in [0.3, 0.4) is 0 Å². The summed E-state index contributed by atoms with van der Waals surface area (Å²) < 4.78 is 18.0. The number of ether oxygens (including phenoxy) is 1. The van der Waals surface area contributed by atoms with Crippen LogP contribution in [0.1, 0.15) is 16.1 Å². The van der Waals surface area contributed by atoms with Gasteiger partial charge in [0.1, 0.15) is 11.6 Å². The SMILES string of the molecule is COc1cc(F)ccc1NC(=O)c1cn[nH]c1C. The van der Waals surface area contributed by atoms with Gasteiger partial charge in [0.05, 0.1) is 24.6 Å². The number of hydrogen-bond acceptors (Lipinski definition) is 3. The van der Waals surface area contributed by atoms with Crippen molar-refractivity contribution in [2.45, 2.75) is 6.92 Å². The Kier molecular flexibility index (Phi) is 3.27. The van der Waals surface area contributed by atoms with Crippen LogP contribution in [0.15, 0.2) is 24.4 Å². The van der Waals surface area contributed by atoms with E-state index in [1.807, 2.05) is 0 Å². The normalized spacial score (nSPS) is 10.2. The molecular weight excluding hydrogens is 237 g/mol. The van der Waals surface area contributed by atoms with E-state index in [2.05, 4.69) is 15.5 Å². The Labute approximate surface area is 103 Å². The maximum absolute atomic E-state index is 13.0. The van der Waals surface area contributed by atoms with E-state index in [-0.39, 0.29) is 11.7 Å². The number of benzene rings is 1. The number of hydrogen-bond donors (Lipinski definition) is 2. The van der Waals surface area contributed by atoms with Crippen molar-refractivity contribution >= 4 is 11.6 Å². The number of halogens is 1. The summed E-state index contributed by atoms with van der Waals surface area (Å²) >= 11 is 0. The van der Waals surface area contributed by atoms with Gasteiger partial charge in [-0.2, -0.15) is 5.10 Å². The van der Waals surface area contributed by atoms with Crippen molar-refractivity contribution in [1.29, 1.82) is 0 Å². The van der Waals surface area contributed by atoms with Gasteiger partial charge in [0, 0.05) is 11.8 Å². The second-order valence-electron chi connectivity index (χ2n) is 3.71. The summed E-state index contributed by atoms with van der Waals surface area (Å²) in [6.45, 7) is 1.74. The highest BCUT2D eigenvalue weighted by molar-refractivity contribution is 6.05. The minimum absolute atomic E-state index is 0.268. The minimum Gasteiger partial charge on any atom is -0.494 e. The lowest BCUT2D eigenvalue weighted by molar-refractivity contribution is 0.102. The molecule has 18 heavy (non-hydrogen) atoms. The molecule has 0 aliphatic rings. The topological polar surface area (TPSA) is 67.0 Å². The number of aryl methyl sites for hydroxylation is 1. The third-order valence-electron chi connectivity index (χ3n) is 2.49. The number of anilines is 1. The van der Waals surface area contributed by atoms with Gasteiger partial charge in [-0.05, 0) is 19.1 Å². The van der Waals surface area contributed by atoms with Crippen LogP contribution >= 0.6 is 0 Å². The number of nitrogens with zero attached hydrogens (tertiary/aromatic N) is 1. The van der Waals surface area contributed by atoms with E-state index in [1.165, 1.54) is 31.5 Å². The number of amides is 1. The van der Waals surface area contributed by atoms with E-state index in [4.69, 9.17) is 4.74 Å². The number of carbonyl (C=O) groups excluding carboxylic acids is 1. The van der Waals surface area contributed by atoms with Crippen molar-refractivity contribution in [1.82, 2.24) is 10.2 Å². The quantitative estimate of drug-likeness (QED) is 0.875. The first-order chi connectivity index (χ1) is 8.61. The largest absolute Gasteiger partial charge is 0.494 e. The van der Waals surface area contributed by atoms with Crippen LogP contribution < -0.4 is 10.1 Å². The zero-order valence-electron chi connectivity index (χ0n) is 9.95. The number of nitrogens with one attached hydrogen (secondary N) is 2. The molecule has 2 rings (SSSR count). The molecule has 0 aliphatic heterocycles. The lowest BCUT2D eigenvalue weighted by Crippen LogP contribution is -2.13. The van der Waals surface area contributed by atoms with Gasteiger partial charge in [0.25, 0.3) is 5.91 Å². The van der Waals surface area contributed by atoms with Crippen LogP contribution in [0.25, 0.3) is 0 Å². The molecule has 0 aliphatic carbocycles. The van der Waals surface area contributed by atoms with Gasteiger partial charge in [-0.15, -0.1) is 0 Å². The van der Waals surface area contributed by atoms with Gasteiger partial charge < -0.3 is 10.1 Å². The number of rotatable bonds is 3. The third kappa shape index (κ3) is 2.32. The molecule has 2 N–H and O–H groups in total. The van der Waals surface area contributed by atoms with E-state index >= 15 is 0 Å². The van der Waals surface area contributed by atoms with Gasteiger partial charge in [0.2, 0.25) is 0 Å². The first-order valence-corrected chi connectivity index (χ1v) is 5.26. The molecule has 0 bridgehead atoms. The lowest BCUT2D eigenvalue weighted by Gasteiger charge is -2.09. The summed E-state index contributed by atoms with van der Waals surface area (Å²) in [5.41, 5.74) is 1.50. The minimum atomic E-state index is -0.427. The van der Waals surface area contributed by atoms with Crippen LogP contribution in [0.4, 0.5) is 10.1 Å². The Morgan fingerprint density at radius 2 is 2.28 bits per heavy atom. The Bertz CT molecular complexity index is 580. The first-order valence-electron chi connectivity index (χ1n) is 5.26. The summed E-state index contributed by atoms with van der Waals surface area (Å²) in [4.78, 5) is 11.9. The summed E-state index contributed by atoms with van der Waals surface area (Å²) in [6, 6.07) is 3.90. The number of methoxy groups -OCH3 is 1. The van der Waals surface area contributed by atoms with Crippen LogP contribution in [-0.2, 0) is 0 Å². The number of aromatic amines is 1. The summed E-state index contributed by atoms with van der Waals surface area (Å²) in [5.74, 6) is -0.486. The molecule has 1 heterocycles. The smallest absolute Gasteiger partial charge is 0.259 e. The fourth-order valence-corrected chi connectivity index (χ4v) is 1.54. The Morgan fingerprint density at radius 3 is 2.89 bits per heavy atom. The molecule has 5 nitrogen and oxygen atoms in total. The van der Waals surface area contributed by atoms with Gasteiger partial charge >= 0.3 is 0 Å². The molecule has 0 unspecified atom stereocenters. The molecular formula is C12H12FN3O2. The Balaban J connectivity index is 2.24. The highest BCUT2D eigenvalue weighted by Crippen LogP contribution is 2.25. The maximum atomic E-state index is 13.0. The molecule has 0 radical (unpaired) electrons. The highest BCUT2D eigenvalue weighted by Gasteiger charge is 2.13. The van der Waals surface area contributed by atoms with Crippen molar-refractivity contribution in [3.05, 3.63) is 41.5 Å². The summed E-state index contributed by atoms with van der Waals surface area (Å²) in [6.07, 6.45) is 1.43. The molecule has 0 fully saturated rings. The van der Waals surface area contributed by atoms with Gasteiger partial charge in [-0.25, -0.2) is 4.39 Å². The molecule has 6 heteroatoms. The number of H-pyrrole nitrogens is 1. The van der Waals surface area contributed by atoms with Crippen molar-refractivity contribution in [3.63, 3.8) is 0 Å². The molecule has 0 saturated carbocycles. The van der Waals surface area contributed by atoms with E-state index in [0.29, 0.717) is 16.9 Å². The van der Waals surface area contributed by atoms with Crippen molar-refractivity contribution in [2.75, 3.05) is 12.4 Å². The molecule has 1 aromatic carbocycles. The molecule has 0 spiro atoms. The monoisotopic (exact) mass is 249 g/mol. The van der Waals surface area contributed by atoms with Crippen molar-refractivity contribution in [3.8, 4) is 5.75 Å². The van der Waals surface area contributed by atoms with Crippen molar-refractivity contribution < 1.29 is 13.9 Å². The van der Waals surface area contributed by atoms with Crippen molar-refractivity contribution in [2.24, 2.45) is 0 Å². The number of aromatic nitrogens is 2. The third-order valence-corrected chi connectivity index (χ3v) is 2.49. The molecule has 1 aromatic heterocycles. The van der Waals surface area contributed by atoms with Crippen LogP contribution in [0.2, 0.25) is 0 Å². The average Bonchev–Trinajstić information content (AvgIpc) is 2.77. The standard InChI is InChI=1S/C12H12FN3O2/c1-7-9(6-14-16-7)12(17)15-10-4-3-8(13)5-11(10)18-2/h3-6H,1-2H3,(H,14,16)(H,15,17). The first kappa shape index (κ1) is 12.1. The fraction of sp³-hybridized carbons (Fsp3) is 0.167. The van der Waals surface area contributed by atoms with E-state index < -0.39 is 5.82 Å². The fourth-order valence-electron chi connectivity index (χ4n) is 1.54. The molecule has 0 saturated heterocycles. The molecule has 1 amide bonds. The number of carbonyl (C=O) groups is 1. The predicted molar refractivity (Wildman–Crippen MR) is 64.2 cm³/mol. The van der Waals surface area contributed by atoms with E-state index in [1.54, 1.807) is 6.92 Å². The Morgan fingerprint density at radius 1 is 1.50 bits per heavy atom.